The van der Waals surface area contributed by atoms with Gasteiger partial charge in [-0.1, -0.05) is 29.8 Å². The van der Waals surface area contributed by atoms with Crippen molar-refractivity contribution in [3.63, 3.8) is 0 Å². The van der Waals surface area contributed by atoms with E-state index in [1.165, 1.54) is 12.7 Å². The number of benzene rings is 1. The average molecular weight is 265 g/mol. The monoisotopic (exact) mass is 265 g/mol. The van der Waals surface area contributed by atoms with Crippen molar-refractivity contribution in [3.05, 3.63) is 35.4 Å². The first-order valence-electron chi connectivity index (χ1n) is 6.49. The van der Waals surface area contributed by atoms with E-state index in [1.54, 1.807) is 11.9 Å². The number of aliphatic hydroxyl groups is 1. The number of hydrogen-bond acceptors (Lipinski definition) is 3. The summed E-state index contributed by atoms with van der Waals surface area (Å²) in [5.41, 5.74) is 2.37. The van der Waals surface area contributed by atoms with Gasteiger partial charge in [-0.15, -0.1) is 0 Å². The first kappa shape index (κ1) is 15.7. The number of aryl methyl sites for hydroxylation is 2. The van der Waals surface area contributed by atoms with Crippen molar-refractivity contribution in [3.8, 4) is 0 Å². The van der Waals surface area contributed by atoms with Crippen molar-refractivity contribution in [2.45, 2.75) is 25.9 Å². The number of methoxy groups -OCH3 is 1. The number of ether oxygens (including phenoxy) is 1. The molecule has 0 radical (unpaired) electrons. The van der Waals surface area contributed by atoms with Crippen LogP contribution in [-0.2, 0) is 16.0 Å². The maximum Gasteiger partial charge on any atom is 0.222 e. The van der Waals surface area contributed by atoms with Crippen molar-refractivity contribution < 1.29 is 14.6 Å². The molecular formula is C15H23NO3. The molecule has 1 amide bonds. The van der Waals surface area contributed by atoms with Crippen LogP contribution in [0.3, 0.4) is 0 Å². The van der Waals surface area contributed by atoms with Crippen LogP contribution in [-0.4, -0.2) is 49.3 Å². The van der Waals surface area contributed by atoms with Gasteiger partial charge in [0.15, 0.2) is 0 Å². The Hall–Kier alpha value is -1.39. The van der Waals surface area contributed by atoms with Crippen LogP contribution in [0.25, 0.3) is 0 Å². The fraction of sp³-hybridized carbons (Fsp3) is 0.533. The highest BCUT2D eigenvalue weighted by atomic mass is 16.5. The minimum Gasteiger partial charge on any atom is -0.389 e. The Labute approximate surface area is 115 Å². The van der Waals surface area contributed by atoms with Gasteiger partial charge in [0.05, 0.1) is 12.7 Å². The highest BCUT2D eigenvalue weighted by molar-refractivity contribution is 5.76. The van der Waals surface area contributed by atoms with E-state index < -0.39 is 6.10 Å². The average Bonchev–Trinajstić information content (AvgIpc) is 2.37. The maximum atomic E-state index is 11.9. The van der Waals surface area contributed by atoms with Crippen LogP contribution in [0.4, 0.5) is 0 Å². The first-order valence-corrected chi connectivity index (χ1v) is 6.49. The topological polar surface area (TPSA) is 49.8 Å². The molecule has 0 heterocycles. The molecule has 0 bridgehead atoms. The number of hydrogen-bond donors (Lipinski definition) is 1. The molecule has 1 unspecified atom stereocenters. The van der Waals surface area contributed by atoms with Crippen molar-refractivity contribution in [1.82, 2.24) is 4.90 Å². The fourth-order valence-electron chi connectivity index (χ4n) is 1.86. The smallest absolute Gasteiger partial charge is 0.222 e. The summed E-state index contributed by atoms with van der Waals surface area (Å²) in [7, 11) is 3.23. The second-order valence-corrected chi connectivity index (χ2v) is 4.87. The summed E-state index contributed by atoms with van der Waals surface area (Å²) in [6.07, 6.45) is 0.557. The van der Waals surface area contributed by atoms with E-state index in [2.05, 4.69) is 0 Å². The van der Waals surface area contributed by atoms with Crippen LogP contribution in [0, 0.1) is 6.92 Å². The van der Waals surface area contributed by atoms with E-state index in [9.17, 15) is 9.90 Å². The molecule has 0 fully saturated rings. The third-order valence-corrected chi connectivity index (χ3v) is 3.02. The maximum absolute atomic E-state index is 11.9. The quantitative estimate of drug-likeness (QED) is 0.810. The van der Waals surface area contributed by atoms with Gasteiger partial charge < -0.3 is 14.7 Å². The van der Waals surface area contributed by atoms with Crippen LogP contribution in [0.1, 0.15) is 17.5 Å². The molecule has 1 atom stereocenters. The van der Waals surface area contributed by atoms with Gasteiger partial charge >= 0.3 is 0 Å². The van der Waals surface area contributed by atoms with E-state index in [1.807, 2.05) is 31.2 Å². The minimum absolute atomic E-state index is 0.0377. The lowest BCUT2D eigenvalue weighted by Crippen LogP contribution is -2.36. The molecule has 0 saturated heterocycles. The molecule has 1 aromatic carbocycles. The molecule has 1 rings (SSSR count). The largest absolute Gasteiger partial charge is 0.389 e. The molecule has 0 aliphatic rings. The molecule has 1 aromatic rings. The number of carbonyl (C=O) groups excluding carboxylic acids is 1. The van der Waals surface area contributed by atoms with Crippen molar-refractivity contribution in [2.24, 2.45) is 0 Å². The van der Waals surface area contributed by atoms with E-state index in [4.69, 9.17) is 4.74 Å². The molecule has 0 aliphatic heterocycles. The third-order valence-electron chi connectivity index (χ3n) is 3.02. The van der Waals surface area contributed by atoms with E-state index in [-0.39, 0.29) is 12.5 Å². The van der Waals surface area contributed by atoms with E-state index >= 15 is 0 Å². The molecular weight excluding hydrogens is 242 g/mol. The Kier molecular flexibility index (Phi) is 6.53. The van der Waals surface area contributed by atoms with Crippen LogP contribution in [0.15, 0.2) is 24.3 Å². The Morgan fingerprint density at radius 2 is 2.00 bits per heavy atom. The van der Waals surface area contributed by atoms with E-state index in [0.717, 1.165) is 12.0 Å². The Bertz CT molecular complexity index is 389. The molecule has 106 valence electrons. The lowest BCUT2D eigenvalue weighted by Gasteiger charge is -2.20. The molecule has 0 aliphatic carbocycles. The SMILES string of the molecule is COCC(O)CN(C)C(=O)CCc1ccc(C)cc1. The summed E-state index contributed by atoms with van der Waals surface area (Å²) < 4.78 is 4.84. The van der Waals surface area contributed by atoms with Crippen molar-refractivity contribution in [1.29, 1.82) is 0 Å². The molecule has 1 N–H and O–H groups in total. The summed E-state index contributed by atoms with van der Waals surface area (Å²) in [6, 6.07) is 8.18. The van der Waals surface area contributed by atoms with Gasteiger partial charge in [-0.25, -0.2) is 0 Å². The molecule has 19 heavy (non-hydrogen) atoms. The van der Waals surface area contributed by atoms with Crippen LogP contribution < -0.4 is 0 Å². The minimum atomic E-state index is -0.627. The summed E-state index contributed by atoms with van der Waals surface area (Å²) in [4.78, 5) is 13.5. The summed E-state index contributed by atoms with van der Waals surface area (Å²) in [5, 5.41) is 9.57. The van der Waals surface area contributed by atoms with Crippen LogP contribution in [0.2, 0.25) is 0 Å². The Morgan fingerprint density at radius 1 is 1.37 bits per heavy atom. The Morgan fingerprint density at radius 3 is 2.58 bits per heavy atom. The zero-order chi connectivity index (χ0) is 14.3. The second-order valence-electron chi connectivity index (χ2n) is 4.87. The van der Waals surface area contributed by atoms with Gasteiger partial charge in [0.1, 0.15) is 0 Å². The van der Waals surface area contributed by atoms with E-state index in [0.29, 0.717) is 13.0 Å². The Balaban J connectivity index is 2.36. The fourth-order valence-corrected chi connectivity index (χ4v) is 1.86. The van der Waals surface area contributed by atoms with Gasteiger partial charge in [0.25, 0.3) is 0 Å². The van der Waals surface area contributed by atoms with Gasteiger partial charge in [0.2, 0.25) is 5.91 Å². The van der Waals surface area contributed by atoms with Crippen LogP contribution in [0.5, 0.6) is 0 Å². The number of nitrogens with zero attached hydrogens (tertiary/aromatic N) is 1. The normalized spacial score (nSPS) is 12.2. The van der Waals surface area contributed by atoms with Crippen LogP contribution >= 0.6 is 0 Å². The molecule has 0 saturated carbocycles. The molecule has 4 heteroatoms. The number of rotatable bonds is 7. The summed E-state index contributed by atoms with van der Waals surface area (Å²) in [5.74, 6) is 0.0377. The number of amides is 1. The first-order chi connectivity index (χ1) is 9.02. The van der Waals surface area contributed by atoms with Gasteiger partial charge in [0, 0.05) is 27.1 Å². The summed E-state index contributed by atoms with van der Waals surface area (Å²) >= 11 is 0. The lowest BCUT2D eigenvalue weighted by molar-refractivity contribution is -0.131. The zero-order valence-corrected chi connectivity index (χ0v) is 11.9. The molecule has 0 spiro atoms. The zero-order valence-electron chi connectivity index (χ0n) is 11.9. The lowest BCUT2D eigenvalue weighted by atomic mass is 10.1. The van der Waals surface area contributed by atoms with Crippen molar-refractivity contribution >= 4 is 5.91 Å². The summed E-state index contributed by atoms with van der Waals surface area (Å²) in [6.45, 7) is 2.59. The molecule has 0 aromatic heterocycles. The van der Waals surface area contributed by atoms with Gasteiger partial charge in [-0.3, -0.25) is 4.79 Å². The van der Waals surface area contributed by atoms with Gasteiger partial charge in [-0.05, 0) is 18.9 Å². The predicted octanol–water partition coefficient (Wildman–Crippen LogP) is 1.39. The third kappa shape index (κ3) is 5.85. The number of carbonyl (C=O) groups is 1. The van der Waals surface area contributed by atoms with Crippen molar-refractivity contribution in [2.75, 3.05) is 27.3 Å². The second kappa shape index (κ2) is 7.92. The number of likely N-dealkylation sites (N-methyl/N-ethyl adjacent to an activating group) is 1. The highest BCUT2D eigenvalue weighted by Crippen LogP contribution is 2.07. The standard InChI is InChI=1S/C15H23NO3/c1-12-4-6-13(7-5-12)8-9-15(18)16(2)10-14(17)11-19-3/h4-7,14,17H,8-11H2,1-3H3. The number of aliphatic hydroxyl groups excluding tert-OH is 1. The van der Waals surface area contributed by atoms with Gasteiger partial charge in [-0.2, -0.15) is 0 Å². The molecule has 4 nitrogen and oxygen atoms in total. The highest BCUT2D eigenvalue weighted by Gasteiger charge is 2.13. The predicted molar refractivity (Wildman–Crippen MR) is 75.0 cm³/mol.